The largest absolute Gasteiger partial charge is 0.523 e. The Bertz CT molecular complexity index is 1640. The number of alkyl halides is 3. The monoisotopic (exact) mass is 688 g/mol. The van der Waals surface area contributed by atoms with Crippen LogP contribution < -0.4 is 9.47 Å². The Labute approximate surface area is 277 Å². The van der Waals surface area contributed by atoms with Crippen molar-refractivity contribution in [2.24, 2.45) is 0 Å². The van der Waals surface area contributed by atoms with Gasteiger partial charge >= 0.3 is 15.6 Å². The summed E-state index contributed by atoms with van der Waals surface area (Å²) >= 11 is 0. The Kier molecular flexibility index (Phi) is 12.1. The van der Waals surface area contributed by atoms with Crippen molar-refractivity contribution in [2.75, 3.05) is 13.7 Å². The summed E-state index contributed by atoms with van der Waals surface area (Å²) in [6.07, 6.45) is -7.30. The molecule has 1 saturated heterocycles. The molecule has 1 fully saturated rings. The van der Waals surface area contributed by atoms with Gasteiger partial charge in [-0.1, -0.05) is 91.0 Å². The second-order valence-electron chi connectivity index (χ2n) is 10.8. The van der Waals surface area contributed by atoms with Crippen molar-refractivity contribution in [3.63, 3.8) is 0 Å². The van der Waals surface area contributed by atoms with Gasteiger partial charge in [0.2, 0.25) is 6.29 Å². The highest BCUT2D eigenvalue weighted by Gasteiger charge is 2.56. The minimum absolute atomic E-state index is 0.0313. The smallest absolute Gasteiger partial charge is 0.497 e. The summed E-state index contributed by atoms with van der Waals surface area (Å²) < 4.78 is 107. The molecule has 1 aliphatic rings. The molecule has 48 heavy (non-hydrogen) atoms. The van der Waals surface area contributed by atoms with E-state index in [1.807, 2.05) is 12.1 Å². The average Bonchev–Trinajstić information content (AvgIpc) is 3.09. The fourth-order valence-corrected chi connectivity index (χ4v) is 5.61. The number of hydrogen-bond donors (Lipinski definition) is 0. The van der Waals surface area contributed by atoms with Crippen LogP contribution in [0.3, 0.4) is 0 Å². The number of ether oxygens (including phenoxy) is 6. The summed E-state index contributed by atoms with van der Waals surface area (Å²) in [6.45, 7) is -0.454. The van der Waals surface area contributed by atoms with Crippen molar-refractivity contribution in [3.8, 4) is 11.5 Å². The summed E-state index contributed by atoms with van der Waals surface area (Å²) in [4.78, 5) is 0. The number of rotatable bonds is 15. The van der Waals surface area contributed by atoms with Crippen LogP contribution in [0.15, 0.2) is 115 Å². The predicted octanol–water partition coefficient (Wildman–Crippen LogP) is 6.42. The summed E-state index contributed by atoms with van der Waals surface area (Å²) in [5.74, 6) is 0.882. The Morgan fingerprint density at radius 3 is 1.62 bits per heavy atom. The molecule has 0 bridgehead atoms. The van der Waals surface area contributed by atoms with E-state index in [-0.39, 0.29) is 26.4 Å². The van der Waals surface area contributed by atoms with Gasteiger partial charge in [0.05, 0.1) is 33.5 Å². The lowest BCUT2D eigenvalue weighted by molar-refractivity contribution is -0.297. The van der Waals surface area contributed by atoms with Crippen LogP contribution in [-0.4, -0.2) is 58.3 Å². The summed E-state index contributed by atoms with van der Waals surface area (Å²) in [7, 11) is -4.61. The van der Waals surface area contributed by atoms with E-state index in [0.29, 0.717) is 17.1 Å². The van der Waals surface area contributed by atoms with Gasteiger partial charge in [0, 0.05) is 0 Å². The van der Waals surface area contributed by atoms with Crippen LogP contribution in [0.25, 0.3) is 0 Å². The molecule has 256 valence electrons. The van der Waals surface area contributed by atoms with Crippen LogP contribution in [0.1, 0.15) is 16.7 Å². The molecule has 1 aliphatic heterocycles. The first-order valence-electron chi connectivity index (χ1n) is 15.0. The zero-order chi connectivity index (χ0) is 34.0. The van der Waals surface area contributed by atoms with Gasteiger partial charge in [-0.2, -0.15) is 21.6 Å². The van der Waals surface area contributed by atoms with Crippen LogP contribution in [0.5, 0.6) is 11.5 Å². The molecule has 0 spiro atoms. The lowest BCUT2D eigenvalue weighted by Crippen LogP contribution is -2.63. The standard InChI is InChI=1S/C35H35F3O9S/c1-41-28-17-19-29(20-18-28)45-34-33(44-23-27-15-9-4-10-16-27)32(43-22-26-13-7-3-8-14-26)31(47-48(39,40)35(36,37)38)30(46-34)24-42-21-25-11-5-2-6-12-25/h2-20,30-34H,21-24H2,1H3/t30-,31+,32+,33-,34-/m1/s1. The van der Waals surface area contributed by atoms with Crippen molar-refractivity contribution in [1.82, 2.24) is 0 Å². The first-order valence-corrected chi connectivity index (χ1v) is 16.4. The molecule has 0 saturated carbocycles. The molecule has 0 amide bonds. The Morgan fingerprint density at radius 2 is 1.12 bits per heavy atom. The van der Waals surface area contributed by atoms with Crippen LogP contribution in [0.4, 0.5) is 13.2 Å². The first kappa shape index (κ1) is 35.3. The quantitative estimate of drug-likeness (QED) is 0.104. The lowest BCUT2D eigenvalue weighted by Gasteiger charge is -2.45. The molecule has 0 aromatic heterocycles. The van der Waals surface area contributed by atoms with Crippen molar-refractivity contribution in [1.29, 1.82) is 0 Å². The van der Waals surface area contributed by atoms with E-state index in [9.17, 15) is 21.6 Å². The third-order valence-corrected chi connectivity index (χ3v) is 8.43. The maximum Gasteiger partial charge on any atom is 0.523 e. The fraction of sp³-hybridized carbons (Fsp3) is 0.314. The maximum absolute atomic E-state index is 13.8. The van der Waals surface area contributed by atoms with E-state index in [1.54, 1.807) is 103 Å². The molecule has 9 nitrogen and oxygen atoms in total. The van der Waals surface area contributed by atoms with Crippen molar-refractivity contribution < 1.29 is 54.2 Å². The highest BCUT2D eigenvalue weighted by molar-refractivity contribution is 7.87. The lowest BCUT2D eigenvalue weighted by atomic mass is 9.98. The van der Waals surface area contributed by atoms with Gasteiger partial charge in [0.1, 0.15) is 35.9 Å². The minimum Gasteiger partial charge on any atom is -0.497 e. The normalized spacial score (nSPS) is 21.5. The Morgan fingerprint density at radius 1 is 0.646 bits per heavy atom. The molecular formula is C35H35F3O9S. The number of halogens is 3. The van der Waals surface area contributed by atoms with E-state index >= 15 is 0 Å². The van der Waals surface area contributed by atoms with Gasteiger partial charge < -0.3 is 28.4 Å². The third kappa shape index (κ3) is 9.56. The van der Waals surface area contributed by atoms with E-state index in [4.69, 9.17) is 32.6 Å². The second-order valence-corrected chi connectivity index (χ2v) is 12.4. The van der Waals surface area contributed by atoms with Crippen molar-refractivity contribution in [2.45, 2.75) is 56.0 Å². The Balaban J connectivity index is 1.52. The highest BCUT2D eigenvalue weighted by atomic mass is 32.2. The summed E-state index contributed by atoms with van der Waals surface area (Å²) in [5, 5.41) is 0. The molecule has 5 atom stereocenters. The molecule has 13 heteroatoms. The maximum atomic E-state index is 13.8. The van der Waals surface area contributed by atoms with Gasteiger partial charge in [0.15, 0.2) is 0 Å². The zero-order valence-corrected chi connectivity index (χ0v) is 26.7. The number of benzene rings is 4. The first-order chi connectivity index (χ1) is 23.1. The van der Waals surface area contributed by atoms with E-state index in [0.717, 1.165) is 11.1 Å². The van der Waals surface area contributed by atoms with Gasteiger partial charge in [-0.25, -0.2) is 0 Å². The van der Waals surface area contributed by atoms with Crippen LogP contribution >= 0.6 is 0 Å². The van der Waals surface area contributed by atoms with Crippen LogP contribution in [-0.2, 0) is 53.1 Å². The minimum atomic E-state index is -6.12. The summed E-state index contributed by atoms with van der Waals surface area (Å²) in [5.41, 5.74) is -3.53. The van der Waals surface area contributed by atoms with Crippen LogP contribution in [0.2, 0.25) is 0 Å². The highest BCUT2D eigenvalue weighted by Crippen LogP contribution is 2.35. The molecule has 4 aromatic carbocycles. The van der Waals surface area contributed by atoms with Gasteiger partial charge in [0.25, 0.3) is 0 Å². The molecule has 0 N–H and O–H groups in total. The average molecular weight is 689 g/mol. The van der Waals surface area contributed by atoms with E-state index < -0.39 is 46.3 Å². The molecule has 5 rings (SSSR count). The molecule has 0 unspecified atom stereocenters. The SMILES string of the molecule is COc1ccc(O[C@@H]2O[C@H](COCc3ccccc3)[C@H](OS(=O)(=O)C(F)(F)F)[C@H](OCc3ccccc3)[C@H]2OCc2ccccc2)cc1. The molecular weight excluding hydrogens is 653 g/mol. The molecule has 4 aromatic rings. The van der Waals surface area contributed by atoms with Crippen LogP contribution in [0, 0.1) is 0 Å². The second kappa shape index (κ2) is 16.4. The molecule has 1 heterocycles. The van der Waals surface area contributed by atoms with E-state index in [2.05, 4.69) is 0 Å². The van der Waals surface area contributed by atoms with Gasteiger partial charge in [-0.3, -0.25) is 4.18 Å². The molecule has 0 radical (unpaired) electrons. The Hall–Kier alpha value is -3.98. The van der Waals surface area contributed by atoms with Crippen molar-refractivity contribution in [3.05, 3.63) is 132 Å². The summed E-state index contributed by atoms with van der Waals surface area (Å²) in [6, 6.07) is 33.4. The van der Waals surface area contributed by atoms with Gasteiger partial charge in [-0.15, -0.1) is 0 Å². The number of methoxy groups -OCH3 is 1. The fourth-order valence-electron chi connectivity index (χ4n) is 4.98. The predicted molar refractivity (Wildman–Crippen MR) is 168 cm³/mol. The van der Waals surface area contributed by atoms with Gasteiger partial charge in [-0.05, 0) is 41.0 Å². The van der Waals surface area contributed by atoms with Crippen molar-refractivity contribution >= 4 is 10.1 Å². The zero-order valence-electron chi connectivity index (χ0n) is 25.9. The topological polar surface area (TPSA) is 98.8 Å². The third-order valence-electron chi connectivity index (χ3n) is 7.39. The molecule has 0 aliphatic carbocycles. The number of hydrogen-bond acceptors (Lipinski definition) is 9. The van der Waals surface area contributed by atoms with E-state index in [1.165, 1.54) is 7.11 Å².